The maximum atomic E-state index is 11.9. The molecular formula is C30H39N3O4. The molecule has 198 valence electrons. The summed E-state index contributed by atoms with van der Waals surface area (Å²) in [6.45, 7) is 5.12. The van der Waals surface area contributed by atoms with E-state index in [1.165, 1.54) is 11.1 Å². The van der Waals surface area contributed by atoms with Crippen molar-refractivity contribution in [1.82, 2.24) is 15.0 Å². The van der Waals surface area contributed by atoms with Crippen molar-refractivity contribution < 1.29 is 19.5 Å². The number of rotatable bonds is 8. The molecule has 1 fully saturated rings. The van der Waals surface area contributed by atoms with E-state index in [1.54, 1.807) is 6.92 Å². The fourth-order valence-electron chi connectivity index (χ4n) is 6.72. The number of nitrogens with zero attached hydrogens (tertiary/aromatic N) is 3. The van der Waals surface area contributed by atoms with Crippen LogP contribution in [0.3, 0.4) is 0 Å². The summed E-state index contributed by atoms with van der Waals surface area (Å²) >= 11 is 0. The molecule has 2 aliphatic rings. The van der Waals surface area contributed by atoms with Gasteiger partial charge in [-0.3, -0.25) is 0 Å². The third-order valence-electron chi connectivity index (χ3n) is 8.78. The Bertz CT molecular complexity index is 1220. The molecule has 1 aromatic heterocycles. The van der Waals surface area contributed by atoms with Gasteiger partial charge in [-0.1, -0.05) is 48.5 Å². The van der Waals surface area contributed by atoms with Gasteiger partial charge in [-0.15, -0.1) is 0 Å². The molecule has 3 aromatic rings. The molecular weight excluding hydrogens is 466 g/mol. The molecule has 2 aromatic carbocycles. The first kappa shape index (κ1) is 25.9. The number of aryl methyl sites for hydroxylation is 1. The Kier molecular flexibility index (Phi) is 6.90. The molecule has 0 bridgehead atoms. The normalized spacial score (nSPS) is 29.1. The standard InChI is InChI=1S/C30H39N3O4/c1-5-29-20-28(2,34)30(35,22-9-7-6-8-10-22)18-23(29)12-11-21-17-24(13-14-25(21)29)36-19-26-31-27(37-32-26)15-16-33(3)4/h6-10,13-14,17,23,34-35H,5,11-12,15-16,18-20H2,1-4H3/t23-,28?,29-,30-/m1/s1. The second-order valence-electron chi connectivity index (χ2n) is 11.4. The average Bonchev–Trinajstić information content (AvgIpc) is 3.35. The number of aromatic nitrogens is 2. The van der Waals surface area contributed by atoms with E-state index in [4.69, 9.17) is 9.26 Å². The van der Waals surface area contributed by atoms with Crippen molar-refractivity contribution in [3.63, 3.8) is 0 Å². The van der Waals surface area contributed by atoms with Gasteiger partial charge in [0.25, 0.3) is 0 Å². The lowest BCUT2D eigenvalue weighted by Gasteiger charge is -2.59. The zero-order valence-corrected chi connectivity index (χ0v) is 22.4. The third kappa shape index (κ3) is 4.69. The minimum Gasteiger partial charge on any atom is -0.485 e. The number of ether oxygens (including phenoxy) is 1. The Morgan fingerprint density at radius 1 is 1.14 bits per heavy atom. The van der Waals surface area contributed by atoms with Crippen molar-refractivity contribution in [3.05, 3.63) is 76.9 Å². The van der Waals surface area contributed by atoms with Crippen molar-refractivity contribution in [3.8, 4) is 5.75 Å². The number of hydrogen-bond acceptors (Lipinski definition) is 7. The number of hydrogen-bond donors (Lipinski definition) is 2. The second-order valence-corrected chi connectivity index (χ2v) is 11.4. The molecule has 5 rings (SSSR count). The van der Waals surface area contributed by atoms with E-state index in [9.17, 15) is 10.2 Å². The molecule has 0 aliphatic heterocycles. The van der Waals surface area contributed by atoms with Gasteiger partial charge in [0.05, 0.1) is 5.60 Å². The van der Waals surface area contributed by atoms with Crippen molar-refractivity contribution >= 4 is 0 Å². The highest BCUT2D eigenvalue weighted by atomic mass is 16.5. The first-order chi connectivity index (χ1) is 17.7. The molecule has 7 nitrogen and oxygen atoms in total. The van der Waals surface area contributed by atoms with Gasteiger partial charge in [-0.05, 0) is 87.9 Å². The summed E-state index contributed by atoms with van der Waals surface area (Å²) in [6.07, 6.45) is 4.56. The van der Waals surface area contributed by atoms with Crippen molar-refractivity contribution in [2.45, 2.75) is 75.6 Å². The summed E-state index contributed by atoms with van der Waals surface area (Å²) in [6, 6.07) is 16.0. The summed E-state index contributed by atoms with van der Waals surface area (Å²) in [5.74, 6) is 2.22. The molecule has 2 N–H and O–H groups in total. The zero-order valence-electron chi connectivity index (χ0n) is 22.4. The zero-order chi connectivity index (χ0) is 26.3. The first-order valence-electron chi connectivity index (χ1n) is 13.4. The highest BCUT2D eigenvalue weighted by Crippen LogP contribution is 2.60. The molecule has 2 aliphatic carbocycles. The van der Waals surface area contributed by atoms with Gasteiger partial charge in [0.1, 0.15) is 11.4 Å². The van der Waals surface area contributed by atoms with Crippen LogP contribution < -0.4 is 4.74 Å². The maximum absolute atomic E-state index is 11.9. The Hall–Kier alpha value is -2.74. The van der Waals surface area contributed by atoms with Crippen LogP contribution in [0.15, 0.2) is 53.1 Å². The summed E-state index contributed by atoms with van der Waals surface area (Å²) in [5, 5.41) is 27.7. The summed E-state index contributed by atoms with van der Waals surface area (Å²) in [5.41, 5.74) is 0.620. The van der Waals surface area contributed by atoms with Crippen LogP contribution in [0.2, 0.25) is 0 Å². The van der Waals surface area contributed by atoms with Gasteiger partial charge in [0.2, 0.25) is 11.7 Å². The van der Waals surface area contributed by atoms with Crippen molar-refractivity contribution in [1.29, 1.82) is 0 Å². The van der Waals surface area contributed by atoms with Gasteiger partial charge in [-0.2, -0.15) is 4.98 Å². The first-order valence-corrected chi connectivity index (χ1v) is 13.4. The Morgan fingerprint density at radius 2 is 1.92 bits per heavy atom. The predicted octanol–water partition coefficient (Wildman–Crippen LogP) is 4.40. The van der Waals surface area contributed by atoms with E-state index in [0.29, 0.717) is 31.0 Å². The number of aliphatic hydroxyl groups is 2. The maximum Gasteiger partial charge on any atom is 0.228 e. The number of benzene rings is 2. The highest BCUT2D eigenvalue weighted by molar-refractivity contribution is 5.45. The molecule has 0 radical (unpaired) electrons. The van der Waals surface area contributed by atoms with E-state index in [2.05, 4.69) is 34.1 Å². The van der Waals surface area contributed by atoms with Crippen LogP contribution in [-0.4, -0.2) is 51.5 Å². The Labute approximate surface area is 219 Å². The minimum atomic E-state index is -1.27. The lowest BCUT2D eigenvalue weighted by molar-refractivity contribution is -0.205. The molecule has 37 heavy (non-hydrogen) atoms. The molecule has 0 saturated heterocycles. The van der Waals surface area contributed by atoms with Crippen LogP contribution in [0.25, 0.3) is 0 Å². The van der Waals surface area contributed by atoms with Gasteiger partial charge >= 0.3 is 0 Å². The van der Waals surface area contributed by atoms with Crippen LogP contribution in [0, 0.1) is 5.92 Å². The topological polar surface area (TPSA) is 91.8 Å². The Balaban J connectivity index is 1.35. The lowest BCUT2D eigenvalue weighted by atomic mass is 9.49. The van der Waals surface area contributed by atoms with Crippen molar-refractivity contribution in [2.24, 2.45) is 5.92 Å². The van der Waals surface area contributed by atoms with Crippen molar-refractivity contribution in [2.75, 3.05) is 20.6 Å². The molecule has 1 heterocycles. The molecule has 0 amide bonds. The number of likely N-dealkylation sites (N-methyl/N-ethyl adjacent to an activating group) is 1. The van der Waals surface area contributed by atoms with E-state index in [0.717, 1.165) is 37.1 Å². The Morgan fingerprint density at radius 3 is 2.65 bits per heavy atom. The fourth-order valence-corrected chi connectivity index (χ4v) is 6.72. The smallest absolute Gasteiger partial charge is 0.228 e. The third-order valence-corrected chi connectivity index (χ3v) is 8.78. The summed E-state index contributed by atoms with van der Waals surface area (Å²) in [4.78, 5) is 6.51. The van der Waals surface area contributed by atoms with E-state index >= 15 is 0 Å². The number of fused-ring (bicyclic) bond motifs is 3. The van der Waals surface area contributed by atoms with Crippen LogP contribution in [-0.2, 0) is 30.5 Å². The summed E-state index contributed by atoms with van der Waals surface area (Å²) in [7, 11) is 4.03. The molecule has 1 unspecified atom stereocenters. The van der Waals surface area contributed by atoms with Gasteiger partial charge < -0.3 is 24.4 Å². The van der Waals surface area contributed by atoms with Crippen LogP contribution in [0.5, 0.6) is 5.75 Å². The van der Waals surface area contributed by atoms with Crippen LogP contribution in [0.1, 0.15) is 67.9 Å². The van der Waals surface area contributed by atoms with E-state index in [-0.39, 0.29) is 17.9 Å². The van der Waals surface area contributed by atoms with Gasteiger partial charge in [-0.25, -0.2) is 0 Å². The molecule has 4 atom stereocenters. The largest absolute Gasteiger partial charge is 0.485 e. The molecule has 7 heteroatoms. The van der Waals surface area contributed by atoms with Gasteiger partial charge in [0, 0.05) is 18.4 Å². The van der Waals surface area contributed by atoms with Crippen LogP contribution in [0.4, 0.5) is 0 Å². The second kappa shape index (κ2) is 9.86. The molecule has 0 spiro atoms. The predicted molar refractivity (Wildman–Crippen MR) is 141 cm³/mol. The lowest BCUT2D eigenvalue weighted by Crippen LogP contribution is -2.62. The molecule has 1 saturated carbocycles. The van der Waals surface area contributed by atoms with Gasteiger partial charge in [0.15, 0.2) is 6.61 Å². The summed E-state index contributed by atoms with van der Waals surface area (Å²) < 4.78 is 11.4. The minimum absolute atomic E-state index is 0.189. The van der Waals surface area contributed by atoms with E-state index in [1.807, 2.05) is 50.5 Å². The quantitative estimate of drug-likeness (QED) is 0.469. The SMILES string of the molecule is CC[C@@]12CC(C)(O)[C@](O)(c3ccccc3)C[C@H]1CCc1cc(OCc3noc(CCN(C)C)n3)ccc12. The highest BCUT2D eigenvalue weighted by Gasteiger charge is 2.60. The fraction of sp³-hybridized carbons (Fsp3) is 0.533. The van der Waals surface area contributed by atoms with E-state index < -0.39 is 11.2 Å². The monoisotopic (exact) mass is 505 g/mol. The average molecular weight is 506 g/mol. The van der Waals surface area contributed by atoms with Crippen LogP contribution >= 0.6 is 0 Å².